The monoisotopic (exact) mass is 363 g/mol. The fourth-order valence-electron chi connectivity index (χ4n) is 4.25. The first-order chi connectivity index (χ1) is 13.2. The maximum absolute atomic E-state index is 12.4. The van der Waals surface area contributed by atoms with Gasteiger partial charge < -0.3 is 14.6 Å². The van der Waals surface area contributed by atoms with Gasteiger partial charge in [0.15, 0.2) is 0 Å². The lowest BCUT2D eigenvalue weighted by atomic mass is 9.89. The molecular formula is C21H21N3O3. The summed E-state index contributed by atoms with van der Waals surface area (Å²) < 4.78 is 5.75. The molecule has 2 N–H and O–H groups in total. The van der Waals surface area contributed by atoms with E-state index in [0.29, 0.717) is 12.8 Å². The van der Waals surface area contributed by atoms with Gasteiger partial charge in [-0.1, -0.05) is 12.1 Å². The first-order valence-electron chi connectivity index (χ1n) is 9.44. The van der Waals surface area contributed by atoms with E-state index in [1.54, 1.807) is 6.26 Å². The molecule has 0 aliphatic carbocycles. The number of hydrogen-bond acceptors (Lipinski definition) is 5. The minimum Gasteiger partial charge on any atom is -0.464 e. The molecule has 1 aromatic heterocycles. The van der Waals surface area contributed by atoms with Crippen LogP contribution >= 0.6 is 0 Å². The fourth-order valence-corrected chi connectivity index (χ4v) is 4.25. The summed E-state index contributed by atoms with van der Waals surface area (Å²) >= 11 is 0. The number of piperazine rings is 1. The summed E-state index contributed by atoms with van der Waals surface area (Å²) in [6, 6.07) is 10.5. The second-order valence-electron chi connectivity index (χ2n) is 7.28. The molecule has 3 aromatic rings. The standard InChI is InChI=1S/C21H21N3O3/c25-19-6-4-16(21(26)23-19)17-12-27-18-5-1-13-11-14(2-3-15(13)20(17)18)24-9-7-22-8-10-24/h1-3,5,11-12,16,22H,4,6-10H2,(H,23,25,26). The van der Waals surface area contributed by atoms with Crippen LogP contribution < -0.4 is 15.5 Å². The van der Waals surface area contributed by atoms with Crippen molar-refractivity contribution in [2.24, 2.45) is 0 Å². The van der Waals surface area contributed by atoms with Crippen molar-refractivity contribution in [3.8, 4) is 0 Å². The number of nitrogens with one attached hydrogen (secondary N) is 2. The minimum absolute atomic E-state index is 0.199. The summed E-state index contributed by atoms with van der Waals surface area (Å²) in [5, 5.41) is 9.02. The average Bonchev–Trinajstić information content (AvgIpc) is 3.12. The lowest BCUT2D eigenvalue weighted by Crippen LogP contribution is -2.43. The molecule has 0 bridgehead atoms. The lowest BCUT2D eigenvalue weighted by molar-refractivity contribution is -0.134. The van der Waals surface area contributed by atoms with Crippen LogP contribution in [0.4, 0.5) is 5.69 Å². The summed E-state index contributed by atoms with van der Waals surface area (Å²) in [6.45, 7) is 4.00. The van der Waals surface area contributed by atoms with Crippen LogP contribution in [0.3, 0.4) is 0 Å². The van der Waals surface area contributed by atoms with Gasteiger partial charge in [-0.3, -0.25) is 14.9 Å². The zero-order valence-electron chi connectivity index (χ0n) is 15.0. The maximum atomic E-state index is 12.4. The number of rotatable bonds is 2. The van der Waals surface area contributed by atoms with E-state index in [0.717, 1.165) is 53.5 Å². The van der Waals surface area contributed by atoms with Gasteiger partial charge in [-0.2, -0.15) is 0 Å². The summed E-state index contributed by atoms with van der Waals surface area (Å²) in [6.07, 6.45) is 2.56. The van der Waals surface area contributed by atoms with Crippen LogP contribution in [0, 0.1) is 0 Å². The SMILES string of the molecule is O=C1CCC(c2coc3ccc4cc(N5CCNCC5)ccc4c23)C(=O)N1. The number of carbonyl (C=O) groups excluding carboxylic acids is 2. The molecule has 2 fully saturated rings. The molecule has 2 amide bonds. The quantitative estimate of drug-likeness (QED) is 0.685. The zero-order chi connectivity index (χ0) is 18.4. The number of furan rings is 1. The number of amides is 2. The molecule has 2 saturated heterocycles. The zero-order valence-corrected chi connectivity index (χ0v) is 15.0. The Morgan fingerprint density at radius 1 is 1.07 bits per heavy atom. The van der Waals surface area contributed by atoms with Crippen molar-refractivity contribution in [3.05, 3.63) is 42.2 Å². The first-order valence-corrected chi connectivity index (χ1v) is 9.44. The van der Waals surface area contributed by atoms with Gasteiger partial charge >= 0.3 is 0 Å². The highest BCUT2D eigenvalue weighted by atomic mass is 16.3. The highest BCUT2D eigenvalue weighted by Crippen LogP contribution is 2.37. The summed E-state index contributed by atoms with van der Waals surface area (Å²) in [7, 11) is 0. The predicted molar refractivity (Wildman–Crippen MR) is 104 cm³/mol. The van der Waals surface area contributed by atoms with Gasteiger partial charge in [-0.05, 0) is 35.4 Å². The van der Waals surface area contributed by atoms with Crippen LogP contribution in [0.2, 0.25) is 0 Å². The Morgan fingerprint density at radius 3 is 2.74 bits per heavy atom. The number of carbonyl (C=O) groups is 2. The van der Waals surface area contributed by atoms with E-state index < -0.39 is 0 Å². The van der Waals surface area contributed by atoms with E-state index in [1.165, 1.54) is 5.69 Å². The van der Waals surface area contributed by atoms with Crippen molar-refractivity contribution in [2.45, 2.75) is 18.8 Å². The molecule has 2 aliphatic heterocycles. The molecule has 6 heteroatoms. The molecule has 0 radical (unpaired) electrons. The third-order valence-electron chi connectivity index (χ3n) is 5.66. The van der Waals surface area contributed by atoms with E-state index in [4.69, 9.17) is 4.42 Å². The van der Waals surface area contributed by atoms with Crippen molar-refractivity contribution in [1.82, 2.24) is 10.6 Å². The van der Waals surface area contributed by atoms with Crippen LogP contribution in [0.25, 0.3) is 21.7 Å². The maximum Gasteiger partial charge on any atom is 0.234 e. The normalized spacial score (nSPS) is 21.0. The van der Waals surface area contributed by atoms with Gasteiger partial charge in [0.25, 0.3) is 0 Å². The number of hydrogen-bond donors (Lipinski definition) is 2. The van der Waals surface area contributed by atoms with E-state index in [1.807, 2.05) is 6.07 Å². The van der Waals surface area contributed by atoms with Gasteiger partial charge in [-0.15, -0.1) is 0 Å². The van der Waals surface area contributed by atoms with Crippen LogP contribution in [0.15, 0.2) is 41.0 Å². The topological polar surface area (TPSA) is 74.6 Å². The van der Waals surface area contributed by atoms with Crippen molar-refractivity contribution >= 4 is 39.2 Å². The number of benzene rings is 2. The van der Waals surface area contributed by atoms with E-state index in [9.17, 15) is 9.59 Å². The number of anilines is 1. The highest BCUT2D eigenvalue weighted by Gasteiger charge is 2.31. The molecule has 1 atom stereocenters. The number of fused-ring (bicyclic) bond motifs is 3. The van der Waals surface area contributed by atoms with E-state index in [-0.39, 0.29) is 17.7 Å². The fraction of sp³-hybridized carbons (Fsp3) is 0.333. The van der Waals surface area contributed by atoms with Crippen LogP contribution in [-0.2, 0) is 9.59 Å². The smallest absolute Gasteiger partial charge is 0.234 e. The van der Waals surface area contributed by atoms with Crippen molar-refractivity contribution < 1.29 is 14.0 Å². The summed E-state index contributed by atoms with van der Waals surface area (Å²) in [5.41, 5.74) is 2.86. The van der Waals surface area contributed by atoms with Crippen molar-refractivity contribution in [3.63, 3.8) is 0 Å². The molecule has 3 heterocycles. The third kappa shape index (κ3) is 2.77. The second kappa shape index (κ2) is 6.39. The lowest BCUT2D eigenvalue weighted by Gasteiger charge is -2.29. The molecule has 138 valence electrons. The summed E-state index contributed by atoms with van der Waals surface area (Å²) in [4.78, 5) is 26.2. The number of imide groups is 1. The van der Waals surface area contributed by atoms with Crippen molar-refractivity contribution in [1.29, 1.82) is 0 Å². The van der Waals surface area contributed by atoms with Gasteiger partial charge in [0, 0.05) is 49.2 Å². The molecule has 0 saturated carbocycles. The Hall–Kier alpha value is -2.86. The molecule has 1 unspecified atom stereocenters. The average molecular weight is 363 g/mol. The molecule has 27 heavy (non-hydrogen) atoms. The third-order valence-corrected chi connectivity index (χ3v) is 5.66. The Labute approximate surface area is 156 Å². The molecule has 0 spiro atoms. The molecule has 2 aliphatic rings. The van der Waals surface area contributed by atoms with Crippen LogP contribution in [0.5, 0.6) is 0 Å². The highest BCUT2D eigenvalue weighted by molar-refractivity contribution is 6.11. The van der Waals surface area contributed by atoms with Gasteiger partial charge in [0.2, 0.25) is 11.8 Å². The van der Waals surface area contributed by atoms with Gasteiger partial charge in [-0.25, -0.2) is 0 Å². The Balaban J connectivity index is 1.60. The Bertz CT molecular complexity index is 1050. The van der Waals surface area contributed by atoms with Crippen LogP contribution in [-0.4, -0.2) is 38.0 Å². The van der Waals surface area contributed by atoms with E-state index >= 15 is 0 Å². The number of piperidine rings is 1. The van der Waals surface area contributed by atoms with Crippen LogP contribution in [0.1, 0.15) is 24.3 Å². The number of nitrogens with zero attached hydrogens (tertiary/aromatic N) is 1. The van der Waals surface area contributed by atoms with Crippen molar-refractivity contribution in [2.75, 3.05) is 31.1 Å². The largest absolute Gasteiger partial charge is 0.464 e. The molecule has 2 aromatic carbocycles. The summed E-state index contributed by atoms with van der Waals surface area (Å²) in [5.74, 6) is -0.777. The Kier molecular flexibility index (Phi) is 3.86. The van der Waals surface area contributed by atoms with E-state index in [2.05, 4.69) is 39.8 Å². The second-order valence-corrected chi connectivity index (χ2v) is 7.28. The first kappa shape index (κ1) is 16.3. The molecule has 6 nitrogen and oxygen atoms in total. The molecular weight excluding hydrogens is 342 g/mol. The van der Waals surface area contributed by atoms with Gasteiger partial charge in [0.05, 0.1) is 12.2 Å². The minimum atomic E-state index is -0.345. The predicted octanol–water partition coefficient (Wildman–Crippen LogP) is 2.52. The Morgan fingerprint density at radius 2 is 1.93 bits per heavy atom. The van der Waals surface area contributed by atoms with Gasteiger partial charge in [0.1, 0.15) is 5.58 Å². The molecule has 5 rings (SSSR count).